The van der Waals surface area contributed by atoms with Crippen LogP contribution in [-0.2, 0) is 0 Å². The molecule has 0 N–H and O–H groups in total. The summed E-state index contributed by atoms with van der Waals surface area (Å²) in [5, 5.41) is 23.8. The molecule has 0 spiro atoms. The topological polar surface area (TPSA) is 111 Å². The van der Waals surface area contributed by atoms with Gasteiger partial charge in [0.2, 0.25) is 17.4 Å². The van der Waals surface area contributed by atoms with E-state index >= 15 is 0 Å². The van der Waals surface area contributed by atoms with Gasteiger partial charge in [-0.3, -0.25) is 0 Å². The third kappa shape index (κ3) is 2.92. The second-order valence-electron chi connectivity index (χ2n) is 6.65. The molecule has 1 saturated heterocycles. The van der Waals surface area contributed by atoms with Crippen LogP contribution in [0, 0.1) is 10.1 Å². The zero-order chi connectivity index (χ0) is 19.8. The summed E-state index contributed by atoms with van der Waals surface area (Å²) >= 11 is 0. The average Bonchev–Trinajstić information content (AvgIpc) is 3.39. The Balaban J connectivity index is 1.40. The molecule has 11 nitrogen and oxygen atoms in total. The molecule has 0 bridgehead atoms. The molecule has 0 unspecified atom stereocenters. The van der Waals surface area contributed by atoms with Gasteiger partial charge in [0.1, 0.15) is 0 Å². The van der Waals surface area contributed by atoms with Crippen LogP contribution in [0.5, 0.6) is 0 Å². The van der Waals surface area contributed by atoms with Crippen LogP contribution in [0.3, 0.4) is 0 Å². The third-order valence-corrected chi connectivity index (χ3v) is 4.98. The highest BCUT2D eigenvalue weighted by molar-refractivity contribution is 5.64. The molecule has 146 valence electrons. The summed E-state index contributed by atoms with van der Waals surface area (Å²) in [5.74, 6) is 1.03. The molecule has 1 aliphatic rings. The molecule has 3 aromatic heterocycles. The largest absolute Gasteiger partial charge is 0.372 e. The molecule has 1 aromatic carbocycles. The minimum atomic E-state index is -0.377. The number of pyridine rings is 1. The number of para-hydroxylation sites is 1. The maximum atomic E-state index is 11.7. The van der Waals surface area contributed by atoms with Crippen molar-refractivity contribution in [2.45, 2.75) is 0 Å². The van der Waals surface area contributed by atoms with E-state index in [1.165, 1.54) is 4.40 Å². The summed E-state index contributed by atoms with van der Waals surface area (Å²) in [6.07, 6.45) is 1.66. The zero-order valence-corrected chi connectivity index (χ0v) is 15.4. The first kappa shape index (κ1) is 17.1. The van der Waals surface area contributed by atoms with Crippen LogP contribution < -0.4 is 9.80 Å². The number of nitro groups is 1. The summed E-state index contributed by atoms with van der Waals surface area (Å²) in [6, 6.07) is 15.0. The number of benzene rings is 1. The van der Waals surface area contributed by atoms with E-state index in [4.69, 9.17) is 0 Å². The number of anilines is 2. The van der Waals surface area contributed by atoms with Crippen LogP contribution in [0.25, 0.3) is 11.3 Å². The second kappa shape index (κ2) is 6.86. The predicted octanol–water partition coefficient (Wildman–Crippen LogP) is 1.54. The Bertz CT molecular complexity index is 1160. The average molecular weight is 391 g/mol. The molecule has 0 saturated carbocycles. The minimum absolute atomic E-state index is 0.0110. The fraction of sp³-hybridized carbons (Fsp3) is 0.222. The molecule has 1 aliphatic heterocycles. The van der Waals surface area contributed by atoms with Crippen molar-refractivity contribution < 1.29 is 4.92 Å². The van der Waals surface area contributed by atoms with E-state index in [0.29, 0.717) is 43.6 Å². The van der Waals surface area contributed by atoms with E-state index < -0.39 is 0 Å². The lowest BCUT2D eigenvalue weighted by molar-refractivity contribution is -0.389. The Labute approximate surface area is 164 Å². The first-order valence-electron chi connectivity index (χ1n) is 9.17. The number of aromatic nitrogens is 6. The summed E-state index contributed by atoms with van der Waals surface area (Å²) < 4.78 is 3.21. The molecule has 0 radical (unpaired) electrons. The Morgan fingerprint density at radius 3 is 2.41 bits per heavy atom. The van der Waals surface area contributed by atoms with Gasteiger partial charge in [-0.05, 0) is 33.5 Å². The Morgan fingerprint density at radius 1 is 0.931 bits per heavy atom. The van der Waals surface area contributed by atoms with Crippen molar-refractivity contribution >= 4 is 23.2 Å². The maximum Gasteiger partial charge on any atom is 0.372 e. The molecule has 29 heavy (non-hydrogen) atoms. The van der Waals surface area contributed by atoms with Crippen molar-refractivity contribution in [1.82, 2.24) is 29.6 Å². The van der Waals surface area contributed by atoms with E-state index in [9.17, 15) is 10.1 Å². The number of imidazole rings is 1. The van der Waals surface area contributed by atoms with Gasteiger partial charge in [0.25, 0.3) is 0 Å². The van der Waals surface area contributed by atoms with Gasteiger partial charge in [0, 0.05) is 32.2 Å². The van der Waals surface area contributed by atoms with Gasteiger partial charge in [-0.25, -0.2) is 0 Å². The monoisotopic (exact) mass is 391 g/mol. The first-order valence-corrected chi connectivity index (χ1v) is 9.17. The van der Waals surface area contributed by atoms with Crippen molar-refractivity contribution in [3.8, 4) is 5.69 Å². The lowest BCUT2D eigenvalue weighted by Crippen LogP contribution is -2.47. The van der Waals surface area contributed by atoms with Crippen LogP contribution in [0.15, 0.2) is 54.7 Å². The number of tetrazole rings is 1. The van der Waals surface area contributed by atoms with Gasteiger partial charge in [0.15, 0.2) is 0 Å². The fourth-order valence-electron chi connectivity index (χ4n) is 3.59. The molecule has 0 aliphatic carbocycles. The summed E-state index contributed by atoms with van der Waals surface area (Å²) in [5.41, 5.74) is 1.44. The van der Waals surface area contributed by atoms with Crippen LogP contribution in [0.2, 0.25) is 0 Å². The lowest BCUT2D eigenvalue weighted by atomic mass is 10.3. The molecule has 5 rings (SSSR count). The standard InChI is InChI=1S/C18H17N9O2/c28-27(29)17-16(19-15-8-4-5-9-25(15)17)23-10-12-24(13-11-23)18-20-21-22-26(18)14-6-2-1-3-7-14/h1-9H,10-13H2. The van der Waals surface area contributed by atoms with Crippen LogP contribution in [0.4, 0.5) is 17.6 Å². The van der Waals surface area contributed by atoms with Crippen molar-refractivity contribution in [2.24, 2.45) is 0 Å². The highest BCUT2D eigenvalue weighted by atomic mass is 16.6. The van der Waals surface area contributed by atoms with Gasteiger partial charge >= 0.3 is 5.82 Å². The molecule has 0 atom stereocenters. The number of piperazine rings is 1. The van der Waals surface area contributed by atoms with Crippen molar-refractivity contribution in [1.29, 1.82) is 0 Å². The van der Waals surface area contributed by atoms with Gasteiger partial charge in [-0.15, -0.1) is 0 Å². The SMILES string of the molecule is O=[N+]([O-])c1c(N2CCN(c3nnnn3-c3ccccc3)CC2)nc2ccccn12. The Kier molecular flexibility index (Phi) is 4.04. The Hall–Kier alpha value is -4.02. The fourth-order valence-corrected chi connectivity index (χ4v) is 3.59. The molecule has 4 aromatic rings. The second-order valence-corrected chi connectivity index (χ2v) is 6.65. The normalized spacial score (nSPS) is 14.5. The van der Waals surface area contributed by atoms with Gasteiger partial charge in [-0.1, -0.05) is 29.4 Å². The van der Waals surface area contributed by atoms with Crippen LogP contribution in [0.1, 0.15) is 0 Å². The zero-order valence-electron chi connectivity index (χ0n) is 15.4. The summed E-state index contributed by atoms with van der Waals surface area (Å²) in [4.78, 5) is 19.8. The van der Waals surface area contributed by atoms with Gasteiger partial charge in [0.05, 0.1) is 11.9 Å². The van der Waals surface area contributed by atoms with Crippen LogP contribution in [-0.4, -0.2) is 60.7 Å². The predicted molar refractivity (Wildman–Crippen MR) is 105 cm³/mol. The number of hydrogen-bond donors (Lipinski definition) is 0. The number of fused-ring (bicyclic) bond motifs is 1. The number of hydrogen-bond acceptors (Lipinski definition) is 8. The van der Waals surface area contributed by atoms with Gasteiger partial charge in [-0.2, -0.15) is 14.1 Å². The third-order valence-electron chi connectivity index (χ3n) is 4.98. The molecule has 4 heterocycles. The summed E-state index contributed by atoms with van der Waals surface area (Å²) in [7, 11) is 0. The smallest absolute Gasteiger partial charge is 0.358 e. The van der Waals surface area contributed by atoms with E-state index in [1.54, 1.807) is 23.0 Å². The number of nitrogens with zero attached hydrogens (tertiary/aromatic N) is 9. The van der Waals surface area contributed by atoms with E-state index in [1.807, 2.05) is 41.3 Å². The lowest BCUT2D eigenvalue weighted by Gasteiger charge is -2.34. The molecule has 1 fully saturated rings. The molecular formula is C18H17N9O2. The highest BCUT2D eigenvalue weighted by Crippen LogP contribution is 2.30. The van der Waals surface area contributed by atoms with E-state index in [-0.39, 0.29) is 10.7 Å². The van der Waals surface area contributed by atoms with Gasteiger partial charge < -0.3 is 19.9 Å². The van der Waals surface area contributed by atoms with Crippen molar-refractivity contribution in [2.75, 3.05) is 36.0 Å². The van der Waals surface area contributed by atoms with Crippen LogP contribution >= 0.6 is 0 Å². The van der Waals surface area contributed by atoms with E-state index in [0.717, 1.165) is 5.69 Å². The molecule has 0 amide bonds. The van der Waals surface area contributed by atoms with Crippen molar-refractivity contribution in [3.63, 3.8) is 0 Å². The van der Waals surface area contributed by atoms with Crippen molar-refractivity contribution in [3.05, 3.63) is 64.8 Å². The molecule has 11 heteroatoms. The summed E-state index contributed by atoms with van der Waals surface area (Å²) in [6.45, 7) is 2.40. The Morgan fingerprint density at radius 2 is 1.66 bits per heavy atom. The number of rotatable bonds is 4. The minimum Gasteiger partial charge on any atom is -0.358 e. The quantitative estimate of drug-likeness (QED) is 0.381. The molecular weight excluding hydrogens is 374 g/mol. The first-order chi connectivity index (χ1) is 14.2. The maximum absolute atomic E-state index is 11.7. The highest BCUT2D eigenvalue weighted by Gasteiger charge is 2.30. The van der Waals surface area contributed by atoms with E-state index in [2.05, 4.69) is 25.4 Å².